The van der Waals surface area contributed by atoms with Crippen molar-refractivity contribution in [3.05, 3.63) is 18.2 Å². The van der Waals surface area contributed by atoms with Gasteiger partial charge in [-0.2, -0.15) is 0 Å². The third-order valence-electron chi connectivity index (χ3n) is 3.09. The summed E-state index contributed by atoms with van der Waals surface area (Å²) < 4.78 is 10.5. The van der Waals surface area contributed by atoms with Gasteiger partial charge in [0.05, 0.1) is 20.8 Å². The minimum absolute atomic E-state index is 0.797. The van der Waals surface area contributed by atoms with Crippen LogP contribution in [0.25, 0.3) is 0 Å². The Morgan fingerprint density at radius 3 is 2.39 bits per heavy atom. The zero-order chi connectivity index (χ0) is 12.8. The second kappa shape index (κ2) is 6.28. The molecule has 0 fully saturated rings. The predicted octanol–water partition coefficient (Wildman–Crippen LogP) is 1.17. The predicted molar refractivity (Wildman–Crippen MR) is 72.5 cm³/mol. The smallest absolute Gasteiger partial charge is 0.247 e. The zero-order valence-corrected chi connectivity index (χ0v) is 11.1. The second-order valence-electron chi connectivity index (χ2n) is 4.44. The van der Waals surface area contributed by atoms with Gasteiger partial charge < -0.3 is 9.47 Å². The normalized spacial score (nSPS) is 15.6. The van der Waals surface area contributed by atoms with Gasteiger partial charge >= 0.3 is 0 Å². The zero-order valence-electron chi connectivity index (χ0n) is 11.1. The fourth-order valence-electron chi connectivity index (χ4n) is 2.09. The Morgan fingerprint density at radius 2 is 1.72 bits per heavy atom. The largest absolute Gasteiger partial charge is 0.496 e. The molecule has 1 aromatic carbocycles. The van der Waals surface area contributed by atoms with Crippen molar-refractivity contribution in [1.29, 1.82) is 0 Å². The summed E-state index contributed by atoms with van der Waals surface area (Å²) in [5, 5.41) is 3.42. The van der Waals surface area contributed by atoms with E-state index in [1.807, 2.05) is 18.2 Å². The Labute approximate surface area is 108 Å². The first-order valence-corrected chi connectivity index (χ1v) is 6.41. The van der Waals surface area contributed by atoms with Gasteiger partial charge in [0.2, 0.25) is 5.84 Å². The van der Waals surface area contributed by atoms with Crippen molar-refractivity contribution in [2.45, 2.75) is 25.7 Å². The molecule has 0 saturated heterocycles. The fraction of sp³-hybridized carbons (Fsp3) is 0.500. The molecule has 0 saturated carbocycles. The van der Waals surface area contributed by atoms with Crippen LogP contribution in [0.5, 0.6) is 11.5 Å². The van der Waals surface area contributed by atoms with Crippen LogP contribution in [0.1, 0.15) is 25.7 Å². The summed E-state index contributed by atoms with van der Waals surface area (Å²) in [7, 11) is 3.32. The van der Waals surface area contributed by atoms with Crippen molar-refractivity contribution in [3.8, 4) is 11.5 Å². The molecule has 0 bridgehead atoms. The van der Waals surface area contributed by atoms with Gasteiger partial charge in [0.25, 0.3) is 0 Å². The average Bonchev–Trinajstić information content (AvgIpc) is 2.67. The van der Waals surface area contributed by atoms with Crippen molar-refractivity contribution in [1.82, 2.24) is 0 Å². The molecular weight excluding hydrogens is 228 g/mol. The molecule has 0 radical (unpaired) electrons. The van der Waals surface area contributed by atoms with Crippen LogP contribution in [0.4, 0.5) is 5.69 Å². The Bertz CT molecular complexity index is 408. The first-order chi connectivity index (χ1) is 8.81. The quantitative estimate of drug-likeness (QED) is 0.845. The standard InChI is InChI=1S/C14H20N2O2/c1-17-12-8-11(9-13(10-12)18-2)16-14-6-4-3-5-7-15-14/h8-10H,3-7H2,1-2H3,(H,15,16)/p+1. The number of anilines is 1. The minimum Gasteiger partial charge on any atom is -0.496 e. The molecule has 0 aliphatic carbocycles. The third kappa shape index (κ3) is 3.39. The molecule has 4 heteroatoms. The lowest BCUT2D eigenvalue weighted by Gasteiger charge is -2.07. The molecule has 1 aliphatic heterocycles. The highest BCUT2D eigenvalue weighted by Crippen LogP contribution is 2.25. The van der Waals surface area contributed by atoms with E-state index in [0.717, 1.165) is 30.2 Å². The number of hydrogen-bond donors (Lipinski definition) is 2. The molecule has 0 aromatic heterocycles. The molecule has 1 heterocycles. The van der Waals surface area contributed by atoms with Gasteiger partial charge in [0, 0.05) is 24.6 Å². The van der Waals surface area contributed by atoms with Crippen LogP contribution in [-0.2, 0) is 0 Å². The van der Waals surface area contributed by atoms with Crippen molar-refractivity contribution in [3.63, 3.8) is 0 Å². The molecule has 4 nitrogen and oxygen atoms in total. The van der Waals surface area contributed by atoms with E-state index in [-0.39, 0.29) is 0 Å². The lowest BCUT2D eigenvalue weighted by molar-refractivity contribution is -0.457. The Balaban J connectivity index is 2.14. The van der Waals surface area contributed by atoms with E-state index in [1.54, 1.807) is 14.2 Å². The lowest BCUT2D eigenvalue weighted by Crippen LogP contribution is -2.74. The maximum absolute atomic E-state index is 5.26. The highest BCUT2D eigenvalue weighted by Gasteiger charge is 2.12. The molecule has 0 spiro atoms. The van der Waals surface area contributed by atoms with E-state index >= 15 is 0 Å². The van der Waals surface area contributed by atoms with Gasteiger partial charge in [-0.3, -0.25) is 4.99 Å². The fourth-order valence-corrected chi connectivity index (χ4v) is 2.09. The van der Waals surface area contributed by atoms with E-state index in [0.29, 0.717) is 0 Å². The Kier molecular flexibility index (Phi) is 4.45. The lowest BCUT2D eigenvalue weighted by atomic mass is 10.2. The molecule has 18 heavy (non-hydrogen) atoms. The monoisotopic (exact) mass is 249 g/mol. The minimum atomic E-state index is 0.797. The number of methoxy groups -OCH3 is 2. The van der Waals surface area contributed by atoms with Gasteiger partial charge in [-0.1, -0.05) is 0 Å². The molecule has 2 N–H and O–H groups in total. The molecule has 2 rings (SSSR count). The van der Waals surface area contributed by atoms with Crippen molar-refractivity contribution in [2.75, 3.05) is 26.1 Å². The molecule has 0 amide bonds. The van der Waals surface area contributed by atoms with Crippen molar-refractivity contribution >= 4 is 11.5 Å². The first kappa shape index (κ1) is 12.7. The van der Waals surface area contributed by atoms with E-state index in [1.165, 1.54) is 25.1 Å². The molecule has 0 unspecified atom stereocenters. The van der Waals surface area contributed by atoms with E-state index in [4.69, 9.17) is 9.47 Å². The summed E-state index contributed by atoms with van der Waals surface area (Å²) in [4.78, 5) is 3.43. The van der Waals surface area contributed by atoms with Crippen LogP contribution in [0.15, 0.2) is 18.2 Å². The maximum atomic E-state index is 5.26. The average molecular weight is 249 g/mol. The highest BCUT2D eigenvalue weighted by atomic mass is 16.5. The number of rotatable bonds is 3. The van der Waals surface area contributed by atoms with E-state index in [9.17, 15) is 0 Å². The number of nitrogens with one attached hydrogen (secondary N) is 2. The Hall–Kier alpha value is -1.71. The summed E-state index contributed by atoms with van der Waals surface area (Å²) >= 11 is 0. The summed E-state index contributed by atoms with van der Waals surface area (Å²) in [5.74, 6) is 2.78. The van der Waals surface area contributed by atoms with Gasteiger partial charge in [-0.05, 0) is 19.3 Å². The van der Waals surface area contributed by atoms with Gasteiger partial charge in [0.1, 0.15) is 17.2 Å². The van der Waals surface area contributed by atoms with Crippen LogP contribution in [0.2, 0.25) is 0 Å². The van der Waals surface area contributed by atoms with Crippen molar-refractivity contribution in [2.24, 2.45) is 0 Å². The van der Waals surface area contributed by atoms with Crippen molar-refractivity contribution < 1.29 is 14.5 Å². The molecular formula is C14H21N2O2+. The maximum Gasteiger partial charge on any atom is 0.247 e. The molecule has 1 aliphatic rings. The molecule has 1 aromatic rings. The number of benzene rings is 1. The summed E-state index contributed by atoms with van der Waals surface area (Å²) in [6.07, 6.45) is 4.84. The van der Waals surface area contributed by atoms with Gasteiger partial charge in [-0.15, -0.1) is 0 Å². The SMILES string of the molecule is COc1cc(NC2=[NH+]CCCCC2)cc(OC)c1. The van der Waals surface area contributed by atoms with Gasteiger partial charge in [0.15, 0.2) is 0 Å². The topological polar surface area (TPSA) is 44.5 Å². The van der Waals surface area contributed by atoms with Crippen LogP contribution < -0.4 is 19.8 Å². The summed E-state index contributed by atoms with van der Waals surface area (Å²) in [6, 6.07) is 5.82. The third-order valence-corrected chi connectivity index (χ3v) is 3.09. The number of ether oxygens (including phenoxy) is 2. The van der Waals surface area contributed by atoms with E-state index < -0.39 is 0 Å². The van der Waals surface area contributed by atoms with Crippen LogP contribution in [-0.4, -0.2) is 26.6 Å². The molecule has 98 valence electrons. The van der Waals surface area contributed by atoms with Crippen LogP contribution >= 0.6 is 0 Å². The highest BCUT2D eigenvalue weighted by molar-refractivity contribution is 5.91. The number of amidine groups is 1. The summed E-state index contributed by atoms with van der Waals surface area (Å²) in [6.45, 7) is 1.05. The van der Waals surface area contributed by atoms with Gasteiger partial charge in [-0.25, -0.2) is 5.32 Å². The van der Waals surface area contributed by atoms with E-state index in [2.05, 4.69) is 10.3 Å². The number of hydrogen-bond acceptors (Lipinski definition) is 3. The Morgan fingerprint density at radius 1 is 1.00 bits per heavy atom. The summed E-state index contributed by atoms with van der Waals surface area (Å²) in [5.41, 5.74) is 0.996. The van der Waals surface area contributed by atoms with Crippen LogP contribution in [0, 0.1) is 0 Å². The first-order valence-electron chi connectivity index (χ1n) is 6.41. The second-order valence-corrected chi connectivity index (χ2v) is 4.44. The van der Waals surface area contributed by atoms with Crippen LogP contribution in [0.3, 0.4) is 0 Å². The molecule has 0 atom stereocenters.